The van der Waals surface area contributed by atoms with Gasteiger partial charge < -0.3 is 5.73 Å². The van der Waals surface area contributed by atoms with Crippen LogP contribution in [0.3, 0.4) is 0 Å². The van der Waals surface area contributed by atoms with Crippen molar-refractivity contribution < 1.29 is 0 Å². The van der Waals surface area contributed by atoms with Crippen LogP contribution in [0.15, 0.2) is 30.6 Å². The maximum Gasteiger partial charge on any atom is 0.0674 e. The second-order valence-electron chi connectivity index (χ2n) is 4.00. The maximum atomic E-state index is 6.09. The average molecular weight is 270 g/mol. The minimum absolute atomic E-state index is 0.0152. The first-order chi connectivity index (χ1) is 8.06. The molecule has 1 unspecified atom stereocenters. The first kappa shape index (κ1) is 12.4. The van der Waals surface area contributed by atoms with Gasteiger partial charge in [-0.05, 0) is 30.7 Å². The Kier molecular flexibility index (Phi) is 3.72. The summed E-state index contributed by atoms with van der Waals surface area (Å²) in [4.78, 5) is 0. The topological polar surface area (TPSA) is 43.8 Å². The van der Waals surface area contributed by atoms with E-state index in [4.69, 9.17) is 28.9 Å². The molecule has 0 aliphatic heterocycles. The summed E-state index contributed by atoms with van der Waals surface area (Å²) in [5.74, 6) is 0. The van der Waals surface area contributed by atoms with E-state index in [9.17, 15) is 0 Å². The lowest BCUT2D eigenvalue weighted by Gasteiger charge is -2.05. The number of nitrogens with zero attached hydrogens (tertiary/aromatic N) is 2. The van der Waals surface area contributed by atoms with Gasteiger partial charge in [0.2, 0.25) is 0 Å². The zero-order chi connectivity index (χ0) is 12.4. The first-order valence-corrected chi connectivity index (χ1v) is 6.03. The summed E-state index contributed by atoms with van der Waals surface area (Å²) in [6.07, 6.45) is 3.69. The standard InChI is InChI=1S/C12H13Cl2N3/c1-8(15)10-5-16-17(7-10)6-9-4-11(13)2-3-12(9)14/h2-5,7-8H,6,15H2,1H3. The first-order valence-electron chi connectivity index (χ1n) is 5.28. The van der Waals surface area contributed by atoms with Crippen LogP contribution in [0.5, 0.6) is 0 Å². The van der Waals surface area contributed by atoms with E-state index >= 15 is 0 Å². The van der Waals surface area contributed by atoms with Crippen LogP contribution >= 0.6 is 23.2 Å². The third-order valence-electron chi connectivity index (χ3n) is 2.52. The lowest BCUT2D eigenvalue weighted by Crippen LogP contribution is -2.04. The van der Waals surface area contributed by atoms with Crippen molar-refractivity contribution in [1.82, 2.24) is 9.78 Å². The summed E-state index contributed by atoms with van der Waals surface area (Å²) >= 11 is 12.0. The van der Waals surface area contributed by atoms with E-state index in [1.807, 2.05) is 19.2 Å². The molecule has 1 atom stereocenters. The number of halogens is 2. The minimum Gasteiger partial charge on any atom is -0.324 e. The molecule has 0 aliphatic rings. The molecule has 0 saturated carbocycles. The quantitative estimate of drug-likeness (QED) is 0.930. The molecule has 90 valence electrons. The molecular weight excluding hydrogens is 257 g/mol. The van der Waals surface area contributed by atoms with E-state index in [0.29, 0.717) is 16.6 Å². The van der Waals surface area contributed by atoms with E-state index in [1.165, 1.54) is 0 Å². The molecule has 1 aromatic heterocycles. The van der Waals surface area contributed by atoms with Crippen molar-refractivity contribution >= 4 is 23.2 Å². The Hall–Kier alpha value is -1.03. The molecule has 2 aromatic rings. The fourth-order valence-corrected chi connectivity index (χ4v) is 1.91. The molecule has 5 heteroatoms. The van der Waals surface area contributed by atoms with Crippen molar-refractivity contribution in [3.63, 3.8) is 0 Å². The molecule has 0 saturated heterocycles. The molecule has 0 radical (unpaired) electrons. The minimum atomic E-state index is -0.0152. The van der Waals surface area contributed by atoms with Crippen molar-refractivity contribution in [2.75, 3.05) is 0 Å². The molecule has 0 aliphatic carbocycles. The molecular formula is C12H13Cl2N3. The van der Waals surface area contributed by atoms with Crippen LogP contribution in [-0.4, -0.2) is 9.78 Å². The SMILES string of the molecule is CC(N)c1cnn(Cc2cc(Cl)ccc2Cl)c1. The highest BCUT2D eigenvalue weighted by atomic mass is 35.5. The summed E-state index contributed by atoms with van der Waals surface area (Å²) < 4.78 is 1.80. The van der Waals surface area contributed by atoms with Crippen LogP contribution in [0, 0.1) is 0 Å². The lowest BCUT2D eigenvalue weighted by molar-refractivity contribution is 0.684. The third-order valence-corrected chi connectivity index (χ3v) is 3.12. The fraction of sp³-hybridized carbons (Fsp3) is 0.250. The molecule has 1 heterocycles. The lowest BCUT2D eigenvalue weighted by atomic mass is 10.2. The number of benzene rings is 1. The molecule has 0 spiro atoms. The Bertz CT molecular complexity index is 520. The second kappa shape index (κ2) is 5.08. The van der Waals surface area contributed by atoms with E-state index in [-0.39, 0.29) is 6.04 Å². The zero-order valence-corrected chi connectivity index (χ0v) is 10.9. The van der Waals surface area contributed by atoms with Crippen molar-refractivity contribution in [3.8, 4) is 0 Å². The van der Waals surface area contributed by atoms with E-state index < -0.39 is 0 Å². The monoisotopic (exact) mass is 269 g/mol. The molecule has 2 N–H and O–H groups in total. The van der Waals surface area contributed by atoms with Gasteiger partial charge in [0, 0.05) is 27.8 Å². The van der Waals surface area contributed by atoms with Crippen LogP contribution in [0.4, 0.5) is 0 Å². The highest BCUT2D eigenvalue weighted by molar-refractivity contribution is 6.33. The van der Waals surface area contributed by atoms with E-state index in [1.54, 1.807) is 23.0 Å². The summed E-state index contributed by atoms with van der Waals surface area (Å²) in [5, 5.41) is 5.60. The maximum absolute atomic E-state index is 6.09. The van der Waals surface area contributed by atoms with Gasteiger partial charge in [0.05, 0.1) is 12.7 Å². The summed E-state index contributed by atoms with van der Waals surface area (Å²) in [6, 6.07) is 5.38. The third kappa shape index (κ3) is 3.00. The van der Waals surface area contributed by atoms with Crippen molar-refractivity contribution in [2.24, 2.45) is 5.73 Å². The molecule has 0 bridgehead atoms. The highest BCUT2D eigenvalue weighted by Gasteiger charge is 2.06. The largest absolute Gasteiger partial charge is 0.324 e. The van der Waals surface area contributed by atoms with Crippen LogP contribution in [0.1, 0.15) is 24.1 Å². The molecule has 1 aromatic carbocycles. The summed E-state index contributed by atoms with van der Waals surface area (Å²) in [7, 11) is 0. The Labute approximate surface area is 110 Å². The van der Waals surface area contributed by atoms with Gasteiger partial charge in [0.1, 0.15) is 0 Å². The Morgan fingerprint density at radius 1 is 1.41 bits per heavy atom. The molecule has 17 heavy (non-hydrogen) atoms. The normalized spacial score (nSPS) is 12.7. The molecule has 0 fully saturated rings. The molecule has 2 rings (SSSR count). The number of nitrogens with two attached hydrogens (primary N) is 1. The average Bonchev–Trinajstić information content (AvgIpc) is 2.72. The Morgan fingerprint density at radius 3 is 2.82 bits per heavy atom. The van der Waals surface area contributed by atoms with Gasteiger partial charge >= 0.3 is 0 Å². The van der Waals surface area contributed by atoms with Crippen LogP contribution in [-0.2, 0) is 6.54 Å². The number of aromatic nitrogens is 2. The predicted molar refractivity (Wildman–Crippen MR) is 70.4 cm³/mol. The number of rotatable bonds is 3. The van der Waals surface area contributed by atoms with E-state index in [2.05, 4.69) is 5.10 Å². The summed E-state index contributed by atoms with van der Waals surface area (Å²) in [6.45, 7) is 2.51. The van der Waals surface area contributed by atoms with Gasteiger partial charge in [0.15, 0.2) is 0 Å². The smallest absolute Gasteiger partial charge is 0.0674 e. The van der Waals surface area contributed by atoms with Crippen molar-refractivity contribution in [2.45, 2.75) is 19.5 Å². The fourth-order valence-electron chi connectivity index (χ4n) is 1.54. The number of hydrogen-bond donors (Lipinski definition) is 1. The van der Waals surface area contributed by atoms with Gasteiger partial charge in [-0.1, -0.05) is 23.2 Å². The zero-order valence-electron chi connectivity index (χ0n) is 9.40. The van der Waals surface area contributed by atoms with Gasteiger partial charge in [0.25, 0.3) is 0 Å². The van der Waals surface area contributed by atoms with Gasteiger partial charge in [-0.15, -0.1) is 0 Å². The second-order valence-corrected chi connectivity index (χ2v) is 4.84. The molecule has 3 nitrogen and oxygen atoms in total. The Balaban J connectivity index is 2.22. The Morgan fingerprint density at radius 2 is 2.18 bits per heavy atom. The van der Waals surface area contributed by atoms with Crippen LogP contribution < -0.4 is 5.73 Å². The van der Waals surface area contributed by atoms with Gasteiger partial charge in [-0.25, -0.2) is 0 Å². The predicted octanol–water partition coefficient (Wildman–Crippen LogP) is 3.26. The van der Waals surface area contributed by atoms with Crippen LogP contribution in [0.2, 0.25) is 10.0 Å². The van der Waals surface area contributed by atoms with Crippen molar-refractivity contribution in [1.29, 1.82) is 0 Å². The van der Waals surface area contributed by atoms with Gasteiger partial charge in [-0.2, -0.15) is 5.10 Å². The van der Waals surface area contributed by atoms with Crippen molar-refractivity contribution in [3.05, 3.63) is 51.8 Å². The van der Waals surface area contributed by atoms with Gasteiger partial charge in [-0.3, -0.25) is 4.68 Å². The summed E-state index contributed by atoms with van der Waals surface area (Å²) in [5.41, 5.74) is 7.72. The molecule has 0 amide bonds. The van der Waals surface area contributed by atoms with Crippen LogP contribution in [0.25, 0.3) is 0 Å². The highest BCUT2D eigenvalue weighted by Crippen LogP contribution is 2.21. The number of hydrogen-bond acceptors (Lipinski definition) is 2. The van der Waals surface area contributed by atoms with E-state index in [0.717, 1.165) is 11.1 Å².